The van der Waals surface area contributed by atoms with E-state index < -0.39 is 10.0 Å². The molecular formula is C17H20N4O4S. The summed E-state index contributed by atoms with van der Waals surface area (Å²) in [6.45, 7) is 1.37. The third kappa shape index (κ3) is 4.00. The second-order valence-corrected chi connectivity index (χ2v) is 7.98. The van der Waals surface area contributed by atoms with Gasteiger partial charge in [0, 0.05) is 43.4 Å². The summed E-state index contributed by atoms with van der Waals surface area (Å²) in [6.07, 6.45) is 1.18. The fraction of sp³-hybridized carbons (Fsp3) is 0.353. The largest absolute Gasteiger partial charge is 0.480 e. The van der Waals surface area contributed by atoms with E-state index in [0.29, 0.717) is 43.3 Å². The third-order valence-corrected chi connectivity index (χ3v) is 5.55. The Hall–Kier alpha value is -2.52. The van der Waals surface area contributed by atoms with Crippen LogP contribution >= 0.6 is 0 Å². The molecular weight excluding hydrogens is 356 g/mol. The first kappa shape index (κ1) is 18.3. The number of piperazine rings is 1. The van der Waals surface area contributed by atoms with E-state index in [4.69, 9.17) is 4.74 Å². The number of methoxy groups -OCH3 is 1. The highest BCUT2D eigenvalue weighted by atomic mass is 32.2. The Labute approximate surface area is 152 Å². The first-order chi connectivity index (χ1) is 12.4. The molecule has 0 atom stereocenters. The van der Waals surface area contributed by atoms with Crippen molar-refractivity contribution in [3.63, 3.8) is 0 Å². The number of nitrogens with zero attached hydrogens (tertiary/aromatic N) is 4. The highest BCUT2D eigenvalue weighted by molar-refractivity contribution is 7.88. The van der Waals surface area contributed by atoms with Crippen LogP contribution in [-0.2, 0) is 10.0 Å². The van der Waals surface area contributed by atoms with Crippen molar-refractivity contribution in [2.45, 2.75) is 0 Å². The van der Waals surface area contributed by atoms with Gasteiger partial charge >= 0.3 is 0 Å². The summed E-state index contributed by atoms with van der Waals surface area (Å²) in [7, 11) is -1.70. The highest BCUT2D eigenvalue weighted by Gasteiger charge is 2.26. The van der Waals surface area contributed by atoms with Gasteiger partial charge in [0.1, 0.15) is 0 Å². The van der Waals surface area contributed by atoms with Gasteiger partial charge in [-0.1, -0.05) is 12.1 Å². The van der Waals surface area contributed by atoms with Gasteiger partial charge in [-0.2, -0.15) is 4.31 Å². The number of aromatic nitrogens is 2. The molecule has 0 saturated carbocycles. The Bertz CT molecular complexity index is 891. The van der Waals surface area contributed by atoms with Gasteiger partial charge in [-0.15, -0.1) is 10.2 Å². The minimum absolute atomic E-state index is 0.124. The summed E-state index contributed by atoms with van der Waals surface area (Å²) >= 11 is 0. The molecule has 3 rings (SSSR count). The molecule has 0 aliphatic carbocycles. The Morgan fingerprint density at radius 1 is 1.08 bits per heavy atom. The molecule has 138 valence electrons. The first-order valence-corrected chi connectivity index (χ1v) is 9.96. The van der Waals surface area contributed by atoms with Crippen LogP contribution in [0.3, 0.4) is 0 Å². The van der Waals surface area contributed by atoms with Crippen molar-refractivity contribution in [3.8, 4) is 17.1 Å². The summed E-state index contributed by atoms with van der Waals surface area (Å²) in [4.78, 5) is 14.4. The maximum absolute atomic E-state index is 12.7. The molecule has 2 aromatic rings. The van der Waals surface area contributed by atoms with E-state index in [2.05, 4.69) is 10.2 Å². The zero-order valence-corrected chi connectivity index (χ0v) is 15.4. The van der Waals surface area contributed by atoms with Gasteiger partial charge in [-0.05, 0) is 18.2 Å². The van der Waals surface area contributed by atoms with Crippen molar-refractivity contribution >= 4 is 15.9 Å². The number of carbonyl (C=O) groups is 1. The maximum atomic E-state index is 12.7. The molecule has 1 aliphatic heterocycles. The SMILES string of the molecule is COc1ccc(-c2cccc(C(=O)N3CCN(S(C)(=O)=O)CC3)c2)nn1. The Morgan fingerprint density at radius 2 is 1.81 bits per heavy atom. The van der Waals surface area contributed by atoms with Crippen LogP contribution in [0.15, 0.2) is 36.4 Å². The molecule has 0 radical (unpaired) electrons. The van der Waals surface area contributed by atoms with Crippen molar-refractivity contribution in [2.75, 3.05) is 39.5 Å². The molecule has 8 nitrogen and oxygen atoms in total. The van der Waals surface area contributed by atoms with Gasteiger partial charge in [0.25, 0.3) is 5.91 Å². The number of hydrogen-bond acceptors (Lipinski definition) is 6. The number of benzene rings is 1. The van der Waals surface area contributed by atoms with E-state index in [1.165, 1.54) is 17.7 Å². The summed E-state index contributed by atoms with van der Waals surface area (Å²) < 4.78 is 29.5. The highest BCUT2D eigenvalue weighted by Crippen LogP contribution is 2.20. The lowest BCUT2D eigenvalue weighted by Crippen LogP contribution is -2.50. The molecule has 1 aliphatic rings. The summed E-state index contributed by atoms with van der Waals surface area (Å²) in [6, 6.07) is 10.6. The Morgan fingerprint density at radius 3 is 2.38 bits per heavy atom. The smallest absolute Gasteiger partial charge is 0.253 e. The topological polar surface area (TPSA) is 92.7 Å². The standard InChI is InChI=1S/C17H20N4O4S/c1-25-16-7-6-15(18-19-16)13-4-3-5-14(12-13)17(22)20-8-10-21(11-9-20)26(2,23)24/h3-7,12H,8-11H2,1-2H3. The molecule has 0 unspecified atom stereocenters. The van der Waals surface area contributed by atoms with Crippen molar-refractivity contribution in [2.24, 2.45) is 0 Å². The zero-order chi connectivity index (χ0) is 18.7. The van der Waals surface area contributed by atoms with Crippen molar-refractivity contribution < 1.29 is 17.9 Å². The van der Waals surface area contributed by atoms with Gasteiger partial charge in [-0.3, -0.25) is 4.79 Å². The number of sulfonamides is 1. The maximum Gasteiger partial charge on any atom is 0.253 e. The van der Waals surface area contributed by atoms with Crippen LogP contribution < -0.4 is 4.74 Å². The van der Waals surface area contributed by atoms with E-state index >= 15 is 0 Å². The average Bonchev–Trinajstić information content (AvgIpc) is 2.67. The number of ether oxygens (including phenoxy) is 1. The van der Waals surface area contributed by atoms with E-state index in [1.54, 1.807) is 35.2 Å². The van der Waals surface area contributed by atoms with Crippen LogP contribution in [0, 0.1) is 0 Å². The number of hydrogen-bond donors (Lipinski definition) is 0. The molecule has 1 aromatic heterocycles. The van der Waals surface area contributed by atoms with Crippen molar-refractivity contribution in [1.82, 2.24) is 19.4 Å². The van der Waals surface area contributed by atoms with Crippen molar-refractivity contribution in [1.29, 1.82) is 0 Å². The van der Waals surface area contributed by atoms with Gasteiger partial charge < -0.3 is 9.64 Å². The van der Waals surface area contributed by atoms with Gasteiger partial charge in [-0.25, -0.2) is 8.42 Å². The predicted octanol–water partition coefficient (Wildman–Crippen LogP) is 0.870. The molecule has 0 N–H and O–H groups in total. The molecule has 0 spiro atoms. The molecule has 1 saturated heterocycles. The minimum Gasteiger partial charge on any atom is -0.480 e. The lowest BCUT2D eigenvalue weighted by Gasteiger charge is -2.33. The zero-order valence-electron chi connectivity index (χ0n) is 14.6. The number of rotatable bonds is 4. The van der Waals surface area contributed by atoms with Crippen LogP contribution in [0.4, 0.5) is 0 Å². The van der Waals surface area contributed by atoms with Gasteiger partial charge in [0.2, 0.25) is 15.9 Å². The Balaban J connectivity index is 1.74. The van der Waals surface area contributed by atoms with Crippen LogP contribution in [-0.4, -0.2) is 73.3 Å². The van der Waals surface area contributed by atoms with Crippen LogP contribution in [0.1, 0.15) is 10.4 Å². The molecule has 1 amide bonds. The van der Waals surface area contributed by atoms with Crippen LogP contribution in [0.25, 0.3) is 11.3 Å². The minimum atomic E-state index is -3.22. The monoisotopic (exact) mass is 376 g/mol. The molecule has 1 aromatic carbocycles. The lowest BCUT2D eigenvalue weighted by molar-refractivity contribution is 0.0698. The van der Waals surface area contributed by atoms with E-state index in [1.807, 2.05) is 6.07 Å². The average molecular weight is 376 g/mol. The van der Waals surface area contributed by atoms with Crippen molar-refractivity contribution in [3.05, 3.63) is 42.0 Å². The molecule has 1 fully saturated rings. The van der Waals surface area contributed by atoms with Gasteiger partial charge in [0.05, 0.1) is 19.1 Å². The normalized spacial score (nSPS) is 15.7. The van der Waals surface area contributed by atoms with Gasteiger partial charge in [0.15, 0.2) is 0 Å². The molecule has 9 heteroatoms. The fourth-order valence-electron chi connectivity index (χ4n) is 2.80. The molecule has 0 bridgehead atoms. The fourth-order valence-corrected chi connectivity index (χ4v) is 3.63. The van der Waals surface area contributed by atoms with Crippen LogP contribution in [0.5, 0.6) is 5.88 Å². The second-order valence-electron chi connectivity index (χ2n) is 6.00. The van der Waals surface area contributed by atoms with Crippen LogP contribution in [0.2, 0.25) is 0 Å². The quantitative estimate of drug-likeness (QED) is 0.786. The molecule has 2 heterocycles. The summed E-state index contributed by atoms with van der Waals surface area (Å²) in [5.41, 5.74) is 1.95. The number of amides is 1. The first-order valence-electron chi connectivity index (χ1n) is 8.11. The van der Waals surface area contributed by atoms with E-state index in [0.717, 1.165) is 5.56 Å². The van der Waals surface area contributed by atoms with E-state index in [-0.39, 0.29) is 5.91 Å². The van der Waals surface area contributed by atoms with E-state index in [9.17, 15) is 13.2 Å². The lowest BCUT2D eigenvalue weighted by atomic mass is 10.1. The molecule has 26 heavy (non-hydrogen) atoms. The third-order valence-electron chi connectivity index (χ3n) is 4.25. The Kier molecular flexibility index (Phi) is 5.19. The predicted molar refractivity (Wildman–Crippen MR) is 96.3 cm³/mol. The number of carbonyl (C=O) groups excluding carboxylic acids is 1. The summed E-state index contributed by atoms with van der Waals surface area (Å²) in [5.74, 6) is 0.297. The summed E-state index contributed by atoms with van der Waals surface area (Å²) in [5, 5.41) is 8.04. The second kappa shape index (κ2) is 7.38.